The van der Waals surface area contributed by atoms with Crippen LogP contribution in [0.1, 0.15) is 19.4 Å². The van der Waals surface area contributed by atoms with Gasteiger partial charge in [0, 0.05) is 6.04 Å². The van der Waals surface area contributed by atoms with E-state index in [1.54, 1.807) is 6.07 Å². The van der Waals surface area contributed by atoms with Crippen LogP contribution < -0.4 is 0 Å². The van der Waals surface area contributed by atoms with Crippen molar-refractivity contribution in [1.29, 1.82) is 0 Å². The molecule has 2 nitrogen and oxygen atoms in total. The van der Waals surface area contributed by atoms with Crippen molar-refractivity contribution in [2.24, 2.45) is 0 Å². The third-order valence-corrected chi connectivity index (χ3v) is 2.93. The van der Waals surface area contributed by atoms with Crippen molar-refractivity contribution in [2.75, 3.05) is 0 Å². The van der Waals surface area contributed by atoms with Crippen molar-refractivity contribution in [3.63, 3.8) is 0 Å². The molecule has 1 heterocycles. The van der Waals surface area contributed by atoms with Crippen LogP contribution in [0.4, 0.5) is 4.39 Å². The fraction of sp³-hybridized carbons (Fsp3) is 0.250. The molecule has 0 radical (unpaired) electrons. The van der Waals surface area contributed by atoms with Gasteiger partial charge >= 0.3 is 0 Å². The fourth-order valence-corrected chi connectivity index (χ4v) is 2.27. The molecule has 4 heteroatoms. The maximum atomic E-state index is 13.2. The largest absolute Gasteiger partial charge is 0.331 e. The summed E-state index contributed by atoms with van der Waals surface area (Å²) in [6, 6.07) is 4.81. The molecule has 1 atom stereocenters. The Bertz CT molecular complexity index is 582. The summed E-state index contributed by atoms with van der Waals surface area (Å²) in [5.74, 6) is -0.249. The summed E-state index contributed by atoms with van der Waals surface area (Å²) in [5, 5.41) is 0. The summed E-state index contributed by atoms with van der Waals surface area (Å²) in [7, 11) is 0. The zero-order chi connectivity index (χ0) is 11.7. The van der Waals surface area contributed by atoms with E-state index < -0.39 is 0 Å². The zero-order valence-corrected chi connectivity index (χ0v) is 9.85. The molecule has 2 aromatic rings. The molecule has 1 N–H and O–H groups in total. The predicted molar refractivity (Wildman–Crippen MR) is 66.6 cm³/mol. The number of imidazole rings is 1. The number of benzene rings is 1. The Hall–Kier alpha value is -1.42. The molecule has 2 rings (SSSR count). The maximum absolute atomic E-state index is 13.2. The lowest BCUT2D eigenvalue weighted by atomic mass is 10.2. The number of hydrogen-bond donors (Lipinski definition) is 1. The van der Waals surface area contributed by atoms with Gasteiger partial charge in [-0.2, -0.15) is 0 Å². The quantitative estimate of drug-likeness (QED) is 0.631. The van der Waals surface area contributed by atoms with Gasteiger partial charge in [0.2, 0.25) is 0 Å². The molecular formula is C12H13FN2S. The number of fused-ring (bicyclic) bond motifs is 1. The van der Waals surface area contributed by atoms with E-state index in [0.29, 0.717) is 4.77 Å². The van der Waals surface area contributed by atoms with Crippen LogP contribution in [0, 0.1) is 10.6 Å². The van der Waals surface area contributed by atoms with Crippen LogP contribution in [-0.4, -0.2) is 9.55 Å². The zero-order valence-electron chi connectivity index (χ0n) is 9.03. The highest BCUT2D eigenvalue weighted by Gasteiger charge is 2.10. The summed E-state index contributed by atoms with van der Waals surface area (Å²) in [6.07, 6.45) is 2.64. The van der Waals surface area contributed by atoms with Gasteiger partial charge in [-0.05, 0) is 43.8 Å². The van der Waals surface area contributed by atoms with Crippen LogP contribution in [0.5, 0.6) is 0 Å². The standard InChI is InChI=1S/C12H13FN2S/c1-3-4-8(2)15-11-7-9(13)5-6-10(11)14-12(15)16/h3,5-8H,1,4H2,2H3,(H,14,16). The molecule has 0 aliphatic heterocycles. The second-order valence-corrected chi connectivity index (χ2v) is 4.22. The first-order valence-electron chi connectivity index (χ1n) is 5.14. The normalized spacial score (nSPS) is 12.9. The van der Waals surface area contributed by atoms with E-state index >= 15 is 0 Å². The summed E-state index contributed by atoms with van der Waals surface area (Å²) in [6.45, 7) is 5.74. The fourth-order valence-electron chi connectivity index (χ4n) is 1.88. The van der Waals surface area contributed by atoms with Crippen molar-refractivity contribution >= 4 is 23.3 Å². The smallest absolute Gasteiger partial charge is 0.178 e. The highest BCUT2D eigenvalue weighted by Crippen LogP contribution is 2.22. The number of hydrogen-bond acceptors (Lipinski definition) is 1. The summed E-state index contributed by atoms with van der Waals surface area (Å²) in [4.78, 5) is 3.07. The van der Waals surface area contributed by atoms with E-state index in [1.165, 1.54) is 12.1 Å². The number of aromatic nitrogens is 2. The van der Waals surface area contributed by atoms with Crippen molar-refractivity contribution < 1.29 is 4.39 Å². The monoisotopic (exact) mass is 236 g/mol. The van der Waals surface area contributed by atoms with Crippen molar-refractivity contribution in [1.82, 2.24) is 9.55 Å². The van der Waals surface area contributed by atoms with E-state index in [9.17, 15) is 4.39 Å². The van der Waals surface area contributed by atoms with Gasteiger partial charge in [0.15, 0.2) is 4.77 Å². The molecule has 0 saturated heterocycles. The minimum absolute atomic E-state index is 0.181. The second kappa shape index (κ2) is 4.22. The van der Waals surface area contributed by atoms with E-state index in [4.69, 9.17) is 12.2 Å². The SMILES string of the molecule is C=CCC(C)n1c(=S)[nH]c2ccc(F)cc21. The molecule has 0 spiro atoms. The van der Waals surface area contributed by atoms with Crippen LogP contribution in [0.15, 0.2) is 30.9 Å². The van der Waals surface area contributed by atoms with E-state index in [0.717, 1.165) is 17.5 Å². The number of nitrogens with one attached hydrogen (secondary N) is 1. The second-order valence-electron chi connectivity index (χ2n) is 3.84. The summed E-state index contributed by atoms with van der Waals surface area (Å²) >= 11 is 5.24. The molecule has 1 unspecified atom stereocenters. The predicted octanol–water partition coefficient (Wildman–Crippen LogP) is 3.98. The molecule has 1 aromatic heterocycles. The molecule has 0 fully saturated rings. The van der Waals surface area contributed by atoms with Crippen molar-refractivity contribution in [2.45, 2.75) is 19.4 Å². The van der Waals surface area contributed by atoms with Crippen LogP contribution in [0.3, 0.4) is 0 Å². The highest BCUT2D eigenvalue weighted by atomic mass is 32.1. The van der Waals surface area contributed by atoms with E-state index in [2.05, 4.69) is 11.6 Å². The lowest BCUT2D eigenvalue weighted by molar-refractivity contribution is 0.561. The molecule has 84 valence electrons. The van der Waals surface area contributed by atoms with Gasteiger partial charge < -0.3 is 9.55 Å². The average Bonchev–Trinajstić information content (AvgIpc) is 2.53. The third-order valence-electron chi connectivity index (χ3n) is 2.63. The molecule has 16 heavy (non-hydrogen) atoms. The first-order chi connectivity index (χ1) is 7.63. The van der Waals surface area contributed by atoms with Gasteiger partial charge in [0.25, 0.3) is 0 Å². The lowest BCUT2D eigenvalue weighted by Gasteiger charge is -2.11. The molecule has 0 saturated carbocycles. The minimum Gasteiger partial charge on any atom is -0.331 e. The Morgan fingerprint density at radius 3 is 3.06 bits per heavy atom. The van der Waals surface area contributed by atoms with Gasteiger partial charge in [0.05, 0.1) is 11.0 Å². The summed E-state index contributed by atoms with van der Waals surface area (Å²) in [5.41, 5.74) is 1.67. The number of H-pyrrole nitrogens is 1. The van der Waals surface area contributed by atoms with E-state index in [1.807, 2.05) is 17.6 Å². The molecule has 0 aliphatic rings. The Balaban J connectivity index is 2.67. The number of aromatic amines is 1. The van der Waals surface area contributed by atoms with Gasteiger partial charge in [-0.3, -0.25) is 0 Å². The van der Waals surface area contributed by atoms with Crippen LogP contribution in [-0.2, 0) is 0 Å². The molecule has 0 bridgehead atoms. The van der Waals surface area contributed by atoms with E-state index in [-0.39, 0.29) is 11.9 Å². The first kappa shape index (κ1) is 11.1. The molecule has 0 amide bonds. The number of allylic oxidation sites excluding steroid dienone is 1. The number of rotatable bonds is 3. The topological polar surface area (TPSA) is 20.7 Å². The van der Waals surface area contributed by atoms with Crippen molar-refractivity contribution in [3.8, 4) is 0 Å². The third kappa shape index (κ3) is 1.80. The van der Waals surface area contributed by atoms with Crippen LogP contribution in [0.25, 0.3) is 11.0 Å². The highest BCUT2D eigenvalue weighted by molar-refractivity contribution is 7.71. The van der Waals surface area contributed by atoms with Crippen LogP contribution >= 0.6 is 12.2 Å². The molecule has 1 aromatic carbocycles. The average molecular weight is 236 g/mol. The summed E-state index contributed by atoms with van der Waals surface area (Å²) < 4.78 is 15.7. The minimum atomic E-state index is -0.249. The van der Waals surface area contributed by atoms with Crippen LogP contribution in [0.2, 0.25) is 0 Å². The van der Waals surface area contributed by atoms with Crippen molar-refractivity contribution in [3.05, 3.63) is 41.4 Å². The Kier molecular flexibility index (Phi) is 2.92. The number of nitrogens with zero attached hydrogens (tertiary/aromatic N) is 1. The van der Waals surface area contributed by atoms with Gasteiger partial charge in [-0.1, -0.05) is 6.08 Å². The Morgan fingerprint density at radius 1 is 1.62 bits per heavy atom. The molecular weight excluding hydrogens is 223 g/mol. The maximum Gasteiger partial charge on any atom is 0.178 e. The van der Waals surface area contributed by atoms with Gasteiger partial charge in [-0.25, -0.2) is 4.39 Å². The van der Waals surface area contributed by atoms with Gasteiger partial charge in [-0.15, -0.1) is 6.58 Å². The van der Waals surface area contributed by atoms with Gasteiger partial charge in [0.1, 0.15) is 5.82 Å². The Morgan fingerprint density at radius 2 is 2.38 bits per heavy atom. The lowest BCUT2D eigenvalue weighted by Crippen LogP contribution is -2.03. The molecule has 0 aliphatic carbocycles. The Labute approximate surface area is 98.4 Å². The first-order valence-corrected chi connectivity index (χ1v) is 5.55. The number of halogens is 1.